The van der Waals surface area contributed by atoms with E-state index in [1.54, 1.807) is 25.4 Å². The summed E-state index contributed by atoms with van der Waals surface area (Å²) in [5.41, 5.74) is 0.894. The Morgan fingerprint density at radius 3 is 2.87 bits per heavy atom. The van der Waals surface area contributed by atoms with Crippen LogP contribution in [0.15, 0.2) is 41.7 Å². The van der Waals surface area contributed by atoms with Gasteiger partial charge in [-0.2, -0.15) is 5.10 Å². The van der Waals surface area contributed by atoms with Crippen LogP contribution in [0.1, 0.15) is 12.0 Å². The van der Waals surface area contributed by atoms with Crippen LogP contribution < -0.4 is 10.6 Å². The second-order valence-electron chi connectivity index (χ2n) is 4.72. The average Bonchev–Trinajstić information content (AvgIpc) is 3.03. The standard InChI is InChI=1S/C15H19ClFN5.HI/c1-18-15(19-6-2-8-22-9-3-7-21-22)20-11-12-4-5-14(17)13(16)10-12;/h3-5,7,9-10H,2,6,8,11H2,1H3,(H2,18,19,20);1H. The van der Waals surface area contributed by atoms with E-state index < -0.39 is 5.82 Å². The number of halogens is 3. The van der Waals surface area contributed by atoms with Crippen molar-refractivity contribution < 1.29 is 4.39 Å². The van der Waals surface area contributed by atoms with E-state index in [9.17, 15) is 4.39 Å². The fraction of sp³-hybridized carbons (Fsp3) is 0.333. The first-order valence-corrected chi connectivity index (χ1v) is 7.42. The summed E-state index contributed by atoms with van der Waals surface area (Å²) < 4.78 is 15.0. The van der Waals surface area contributed by atoms with Gasteiger partial charge in [-0.3, -0.25) is 9.67 Å². The molecule has 0 unspecified atom stereocenters. The quantitative estimate of drug-likeness (QED) is 0.307. The molecule has 2 aromatic rings. The fourth-order valence-electron chi connectivity index (χ4n) is 1.94. The Balaban J connectivity index is 0.00000264. The molecule has 0 aliphatic carbocycles. The summed E-state index contributed by atoms with van der Waals surface area (Å²) in [6.45, 7) is 2.16. The molecular formula is C15H20ClFIN5. The third-order valence-electron chi connectivity index (χ3n) is 3.08. The minimum atomic E-state index is -0.411. The van der Waals surface area contributed by atoms with E-state index >= 15 is 0 Å². The molecule has 0 fully saturated rings. The molecular weight excluding hydrogens is 432 g/mol. The van der Waals surface area contributed by atoms with Gasteiger partial charge in [-0.25, -0.2) is 4.39 Å². The Morgan fingerprint density at radius 2 is 2.22 bits per heavy atom. The molecule has 1 aromatic carbocycles. The van der Waals surface area contributed by atoms with E-state index in [1.807, 2.05) is 16.9 Å². The van der Waals surface area contributed by atoms with Gasteiger partial charge in [-0.05, 0) is 30.2 Å². The number of guanidine groups is 1. The monoisotopic (exact) mass is 451 g/mol. The molecule has 0 bridgehead atoms. The Morgan fingerprint density at radius 1 is 1.39 bits per heavy atom. The van der Waals surface area contributed by atoms with Crippen molar-refractivity contribution in [2.24, 2.45) is 4.99 Å². The summed E-state index contributed by atoms with van der Waals surface area (Å²) in [7, 11) is 1.71. The van der Waals surface area contributed by atoms with Crippen molar-refractivity contribution in [2.75, 3.05) is 13.6 Å². The van der Waals surface area contributed by atoms with Crippen LogP contribution in [0.4, 0.5) is 4.39 Å². The van der Waals surface area contributed by atoms with E-state index in [-0.39, 0.29) is 29.0 Å². The van der Waals surface area contributed by atoms with Crippen LogP contribution in [0, 0.1) is 5.82 Å². The van der Waals surface area contributed by atoms with Crippen molar-refractivity contribution in [3.63, 3.8) is 0 Å². The van der Waals surface area contributed by atoms with Gasteiger partial charge >= 0.3 is 0 Å². The minimum absolute atomic E-state index is 0. The minimum Gasteiger partial charge on any atom is -0.356 e. The van der Waals surface area contributed by atoms with E-state index in [0.717, 1.165) is 25.1 Å². The molecule has 8 heteroatoms. The number of hydrogen-bond donors (Lipinski definition) is 2. The molecule has 0 saturated carbocycles. The van der Waals surface area contributed by atoms with Crippen molar-refractivity contribution in [2.45, 2.75) is 19.5 Å². The molecule has 0 spiro atoms. The molecule has 0 atom stereocenters. The lowest BCUT2D eigenvalue weighted by Gasteiger charge is -2.12. The van der Waals surface area contributed by atoms with Gasteiger partial charge in [0.15, 0.2) is 5.96 Å². The summed E-state index contributed by atoms with van der Waals surface area (Å²) in [5, 5.41) is 10.7. The number of nitrogens with one attached hydrogen (secondary N) is 2. The Bertz CT molecular complexity index is 618. The molecule has 23 heavy (non-hydrogen) atoms. The van der Waals surface area contributed by atoms with Crippen molar-refractivity contribution >= 4 is 41.5 Å². The molecule has 0 amide bonds. The van der Waals surface area contributed by atoms with Gasteiger partial charge < -0.3 is 10.6 Å². The average molecular weight is 452 g/mol. The fourth-order valence-corrected chi connectivity index (χ4v) is 2.14. The lowest BCUT2D eigenvalue weighted by Crippen LogP contribution is -2.37. The second-order valence-corrected chi connectivity index (χ2v) is 5.13. The van der Waals surface area contributed by atoms with Gasteiger partial charge in [0, 0.05) is 39.1 Å². The Kier molecular flexibility index (Phi) is 8.93. The maximum atomic E-state index is 13.1. The smallest absolute Gasteiger partial charge is 0.191 e. The molecule has 2 rings (SSSR count). The molecule has 0 aliphatic rings. The van der Waals surface area contributed by atoms with Crippen LogP contribution in [0.3, 0.4) is 0 Å². The zero-order chi connectivity index (χ0) is 15.8. The van der Waals surface area contributed by atoms with Crippen LogP contribution in [0.5, 0.6) is 0 Å². The lowest BCUT2D eigenvalue weighted by atomic mass is 10.2. The normalized spacial score (nSPS) is 11.0. The van der Waals surface area contributed by atoms with E-state index in [0.29, 0.717) is 12.5 Å². The molecule has 5 nitrogen and oxygen atoms in total. The molecule has 1 heterocycles. The predicted molar refractivity (Wildman–Crippen MR) is 102 cm³/mol. The van der Waals surface area contributed by atoms with Gasteiger partial charge in [0.05, 0.1) is 5.02 Å². The third-order valence-corrected chi connectivity index (χ3v) is 3.37. The van der Waals surface area contributed by atoms with Crippen LogP contribution in [-0.2, 0) is 13.1 Å². The number of nitrogens with zero attached hydrogens (tertiary/aromatic N) is 3. The Labute approximate surface area is 157 Å². The first-order valence-electron chi connectivity index (χ1n) is 7.05. The van der Waals surface area contributed by atoms with Crippen LogP contribution in [0.25, 0.3) is 0 Å². The summed E-state index contributed by atoms with van der Waals surface area (Å²) >= 11 is 5.76. The van der Waals surface area contributed by atoms with Crippen LogP contribution >= 0.6 is 35.6 Å². The summed E-state index contributed by atoms with van der Waals surface area (Å²) in [6.07, 6.45) is 4.64. The first-order chi connectivity index (χ1) is 10.7. The van der Waals surface area contributed by atoms with Crippen molar-refractivity contribution in [1.29, 1.82) is 0 Å². The Hall–Kier alpha value is -1.35. The largest absolute Gasteiger partial charge is 0.356 e. The first kappa shape index (κ1) is 19.7. The predicted octanol–water partition coefficient (Wildman–Crippen LogP) is 3.05. The number of rotatable bonds is 6. The zero-order valence-corrected chi connectivity index (χ0v) is 15.9. The van der Waals surface area contributed by atoms with Gasteiger partial charge in [-0.1, -0.05) is 17.7 Å². The summed E-state index contributed by atoms with van der Waals surface area (Å²) in [4.78, 5) is 4.14. The van der Waals surface area contributed by atoms with Crippen molar-refractivity contribution in [3.05, 3.63) is 53.1 Å². The second kappa shape index (κ2) is 10.4. The molecule has 0 radical (unpaired) electrons. The van der Waals surface area contributed by atoms with E-state index in [2.05, 4.69) is 20.7 Å². The maximum absolute atomic E-state index is 13.1. The number of hydrogen-bond acceptors (Lipinski definition) is 2. The van der Waals surface area contributed by atoms with Crippen molar-refractivity contribution in [3.8, 4) is 0 Å². The number of aromatic nitrogens is 2. The molecule has 0 saturated heterocycles. The zero-order valence-electron chi connectivity index (χ0n) is 12.8. The van der Waals surface area contributed by atoms with Gasteiger partial charge in [-0.15, -0.1) is 24.0 Å². The van der Waals surface area contributed by atoms with Gasteiger partial charge in [0.25, 0.3) is 0 Å². The molecule has 126 valence electrons. The SMILES string of the molecule is CN=C(NCCCn1cccn1)NCc1ccc(F)c(Cl)c1.I. The van der Waals surface area contributed by atoms with Crippen molar-refractivity contribution in [1.82, 2.24) is 20.4 Å². The number of aryl methyl sites for hydroxylation is 1. The highest BCUT2D eigenvalue weighted by Gasteiger charge is 2.02. The van der Waals surface area contributed by atoms with Crippen LogP contribution in [-0.4, -0.2) is 29.3 Å². The number of aliphatic imine (C=N–C) groups is 1. The maximum Gasteiger partial charge on any atom is 0.191 e. The number of benzene rings is 1. The lowest BCUT2D eigenvalue weighted by molar-refractivity contribution is 0.570. The molecule has 2 N–H and O–H groups in total. The molecule has 1 aromatic heterocycles. The highest BCUT2D eigenvalue weighted by atomic mass is 127. The van der Waals surface area contributed by atoms with E-state index in [1.165, 1.54) is 6.07 Å². The molecule has 0 aliphatic heterocycles. The van der Waals surface area contributed by atoms with Gasteiger partial charge in [0.2, 0.25) is 0 Å². The summed E-state index contributed by atoms with van der Waals surface area (Å²) in [6, 6.07) is 6.56. The summed E-state index contributed by atoms with van der Waals surface area (Å²) in [5.74, 6) is 0.285. The highest BCUT2D eigenvalue weighted by Crippen LogP contribution is 2.15. The van der Waals surface area contributed by atoms with Gasteiger partial charge in [0.1, 0.15) is 5.82 Å². The highest BCUT2D eigenvalue weighted by molar-refractivity contribution is 14.0. The van der Waals surface area contributed by atoms with E-state index in [4.69, 9.17) is 11.6 Å². The van der Waals surface area contributed by atoms with Crippen LogP contribution in [0.2, 0.25) is 5.02 Å². The topological polar surface area (TPSA) is 54.2 Å². The third kappa shape index (κ3) is 6.74.